The number of carbonyl (C=O) groups excluding carboxylic acids is 2. The molecule has 0 aromatic heterocycles. The van der Waals surface area contributed by atoms with E-state index in [2.05, 4.69) is 20.3 Å². The summed E-state index contributed by atoms with van der Waals surface area (Å²) >= 11 is 0. The number of carboxylic acid groups (broad SMARTS) is 1. The minimum absolute atomic E-state index is 0.0815. The van der Waals surface area contributed by atoms with Crippen molar-refractivity contribution >= 4 is 18.2 Å². The van der Waals surface area contributed by atoms with Gasteiger partial charge in [0.25, 0.3) is 10.2 Å². The predicted octanol–water partition coefficient (Wildman–Crippen LogP) is 2.69. The van der Waals surface area contributed by atoms with Crippen LogP contribution in [0.25, 0.3) is 0 Å². The summed E-state index contributed by atoms with van der Waals surface area (Å²) in [4.78, 5) is 64.4. The number of carboxylic acids is 1. The Morgan fingerprint density at radius 1 is 0.775 bits per heavy atom. The van der Waals surface area contributed by atoms with Gasteiger partial charge in [-0.15, -0.1) is 20.2 Å². The van der Waals surface area contributed by atoms with Crippen LogP contribution in [0, 0.1) is 20.2 Å². The Labute approximate surface area is 227 Å². The van der Waals surface area contributed by atoms with Crippen LogP contribution < -0.4 is 20.1 Å². The third kappa shape index (κ3) is 12.9. The molecule has 2 aromatic rings. The highest BCUT2D eigenvalue weighted by molar-refractivity contribution is 5.80. The van der Waals surface area contributed by atoms with Crippen molar-refractivity contribution < 1.29 is 48.8 Å². The highest BCUT2D eigenvalue weighted by Gasteiger charge is 2.20. The maximum absolute atomic E-state index is 12.1. The summed E-state index contributed by atoms with van der Waals surface area (Å²) in [5.74, 6) is -0.829. The molecule has 16 nitrogen and oxygen atoms in total. The molecule has 216 valence electrons. The number of carbonyl (C=O) groups is 3. The van der Waals surface area contributed by atoms with Crippen molar-refractivity contribution in [3.05, 3.63) is 79.9 Å². The zero-order valence-electron chi connectivity index (χ0n) is 21.2. The standard InChI is InChI=1S/C24H28N4O12/c29-22(30)21(26-24(32)40-20-10-6-18(7-11-20)13-16-38-28(35)36)3-1-2-14-25-23(31)39-19-8-4-17(5-9-19)12-15-37-27(33)34/h4-11,21H,1-3,12-16H2,(H,25,31)(H,26,32)(H,29,30). The normalized spacial score (nSPS) is 11.0. The van der Waals surface area contributed by atoms with Gasteiger partial charge in [0.1, 0.15) is 30.8 Å². The van der Waals surface area contributed by atoms with Crippen molar-refractivity contribution in [3.63, 3.8) is 0 Å². The number of rotatable bonds is 17. The maximum Gasteiger partial charge on any atom is 0.413 e. The molecule has 2 rings (SSSR count). The van der Waals surface area contributed by atoms with Gasteiger partial charge in [-0.2, -0.15) is 0 Å². The fourth-order valence-electron chi connectivity index (χ4n) is 3.27. The third-order valence-electron chi connectivity index (χ3n) is 5.22. The summed E-state index contributed by atoms with van der Waals surface area (Å²) in [6, 6.07) is 11.2. The summed E-state index contributed by atoms with van der Waals surface area (Å²) in [6.07, 6.45) is -0.230. The van der Waals surface area contributed by atoms with Gasteiger partial charge < -0.3 is 34.9 Å². The molecule has 2 amide bonds. The van der Waals surface area contributed by atoms with Crippen LogP contribution in [0.3, 0.4) is 0 Å². The Morgan fingerprint density at radius 2 is 1.25 bits per heavy atom. The molecule has 1 unspecified atom stereocenters. The van der Waals surface area contributed by atoms with Crippen LogP contribution in [0.15, 0.2) is 48.5 Å². The van der Waals surface area contributed by atoms with Gasteiger partial charge >= 0.3 is 18.2 Å². The second-order valence-corrected chi connectivity index (χ2v) is 8.14. The van der Waals surface area contributed by atoms with Gasteiger partial charge in [0, 0.05) is 6.54 Å². The first kappa shape index (κ1) is 31.1. The van der Waals surface area contributed by atoms with Crippen LogP contribution in [0.5, 0.6) is 11.5 Å². The Morgan fingerprint density at radius 3 is 1.70 bits per heavy atom. The van der Waals surface area contributed by atoms with Crippen LogP contribution in [-0.4, -0.2) is 59.2 Å². The van der Waals surface area contributed by atoms with Gasteiger partial charge in [-0.1, -0.05) is 24.3 Å². The van der Waals surface area contributed by atoms with Gasteiger partial charge in [0.2, 0.25) is 0 Å². The molecule has 0 aliphatic carbocycles. The van der Waals surface area contributed by atoms with E-state index in [0.717, 1.165) is 5.56 Å². The van der Waals surface area contributed by atoms with Crippen molar-refractivity contribution in [1.29, 1.82) is 0 Å². The summed E-state index contributed by atoms with van der Waals surface area (Å²) in [7, 11) is 0. The number of benzene rings is 2. The molecule has 1 atom stereocenters. The van der Waals surface area contributed by atoms with E-state index in [1.807, 2.05) is 0 Å². The predicted molar refractivity (Wildman–Crippen MR) is 135 cm³/mol. The smallest absolute Gasteiger partial charge is 0.413 e. The van der Waals surface area contributed by atoms with E-state index in [1.54, 1.807) is 24.3 Å². The highest BCUT2D eigenvalue weighted by Crippen LogP contribution is 2.14. The first-order valence-corrected chi connectivity index (χ1v) is 12.0. The molecule has 3 N–H and O–H groups in total. The lowest BCUT2D eigenvalue weighted by molar-refractivity contribution is -0.757. The molecule has 2 aromatic carbocycles. The largest absolute Gasteiger partial charge is 0.480 e. The number of hydrogen-bond donors (Lipinski definition) is 3. The molecule has 0 saturated heterocycles. The van der Waals surface area contributed by atoms with Crippen molar-refractivity contribution in [2.75, 3.05) is 19.8 Å². The molecule has 0 saturated carbocycles. The second kappa shape index (κ2) is 16.6. The zero-order valence-corrected chi connectivity index (χ0v) is 21.2. The summed E-state index contributed by atoms with van der Waals surface area (Å²) in [6.45, 7) is -0.00897. The number of nitrogens with one attached hydrogen (secondary N) is 2. The monoisotopic (exact) mass is 564 g/mol. The maximum atomic E-state index is 12.1. The van der Waals surface area contributed by atoms with Crippen LogP contribution in [0.2, 0.25) is 0 Å². The Hall–Kier alpha value is -5.15. The summed E-state index contributed by atoms with van der Waals surface area (Å²) in [5.41, 5.74) is 1.47. The van der Waals surface area contributed by atoms with Crippen molar-refractivity contribution in [2.45, 2.75) is 38.1 Å². The van der Waals surface area contributed by atoms with Crippen LogP contribution in [0.4, 0.5) is 9.59 Å². The quantitative estimate of drug-likeness (QED) is 0.143. The van der Waals surface area contributed by atoms with Crippen molar-refractivity contribution in [1.82, 2.24) is 10.6 Å². The van der Waals surface area contributed by atoms with E-state index in [9.17, 15) is 39.7 Å². The number of hydrogen-bond acceptors (Lipinski definition) is 11. The first-order chi connectivity index (χ1) is 19.1. The van der Waals surface area contributed by atoms with E-state index in [1.165, 1.54) is 24.3 Å². The van der Waals surface area contributed by atoms with E-state index >= 15 is 0 Å². The van der Waals surface area contributed by atoms with Crippen LogP contribution in [-0.2, 0) is 27.3 Å². The Kier molecular flexibility index (Phi) is 12.9. The lowest BCUT2D eigenvalue weighted by atomic mass is 10.1. The molecule has 0 fully saturated rings. The minimum Gasteiger partial charge on any atom is -0.480 e. The lowest BCUT2D eigenvalue weighted by Crippen LogP contribution is -2.42. The van der Waals surface area contributed by atoms with E-state index in [0.29, 0.717) is 24.8 Å². The molecule has 0 bridgehead atoms. The van der Waals surface area contributed by atoms with Crippen molar-refractivity contribution in [2.24, 2.45) is 0 Å². The average Bonchev–Trinajstić information content (AvgIpc) is 2.89. The van der Waals surface area contributed by atoms with Gasteiger partial charge in [-0.3, -0.25) is 0 Å². The molecule has 0 spiro atoms. The van der Waals surface area contributed by atoms with Gasteiger partial charge in [0.05, 0.1) is 0 Å². The third-order valence-corrected chi connectivity index (χ3v) is 5.22. The van der Waals surface area contributed by atoms with E-state index < -0.39 is 34.4 Å². The molecule has 0 aliphatic heterocycles. The molecular weight excluding hydrogens is 536 g/mol. The molecule has 40 heavy (non-hydrogen) atoms. The Bertz CT molecular complexity index is 1140. The van der Waals surface area contributed by atoms with Gasteiger partial charge in [-0.05, 0) is 67.5 Å². The van der Waals surface area contributed by atoms with Gasteiger partial charge in [-0.25, -0.2) is 14.4 Å². The van der Waals surface area contributed by atoms with Gasteiger partial charge in [0.15, 0.2) is 0 Å². The molecule has 0 aliphatic rings. The molecular formula is C24H28N4O12. The van der Waals surface area contributed by atoms with Crippen molar-refractivity contribution in [3.8, 4) is 11.5 Å². The summed E-state index contributed by atoms with van der Waals surface area (Å²) in [5, 5.41) is 32.8. The topological polar surface area (TPSA) is 219 Å². The van der Waals surface area contributed by atoms with E-state index in [4.69, 9.17) is 9.47 Å². The highest BCUT2D eigenvalue weighted by atomic mass is 17.0. The zero-order chi connectivity index (χ0) is 29.3. The second-order valence-electron chi connectivity index (χ2n) is 8.14. The van der Waals surface area contributed by atoms with Crippen LogP contribution in [0.1, 0.15) is 30.4 Å². The van der Waals surface area contributed by atoms with E-state index in [-0.39, 0.29) is 44.1 Å². The fourth-order valence-corrected chi connectivity index (χ4v) is 3.27. The Balaban J connectivity index is 1.65. The number of unbranched alkanes of at least 4 members (excludes halogenated alkanes) is 1. The minimum atomic E-state index is -1.25. The molecule has 0 radical (unpaired) electrons. The SMILES string of the molecule is O=C(NCCCCC(NC(=O)Oc1ccc(CCO[N+](=O)[O-])cc1)C(=O)O)Oc1ccc(CCO[N+](=O)[O-])cc1. The first-order valence-electron chi connectivity index (χ1n) is 12.0. The van der Waals surface area contributed by atoms with Crippen LogP contribution >= 0.6 is 0 Å². The number of amides is 2. The lowest BCUT2D eigenvalue weighted by Gasteiger charge is -2.14. The average molecular weight is 565 g/mol. The number of ether oxygens (including phenoxy) is 2. The molecule has 16 heteroatoms. The number of nitrogens with zero attached hydrogens (tertiary/aromatic N) is 2. The molecule has 0 heterocycles. The summed E-state index contributed by atoms with van der Waals surface area (Å²) < 4.78 is 10.2. The number of aliphatic carboxylic acids is 1. The fraction of sp³-hybridized carbons (Fsp3) is 0.375.